The summed E-state index contributed by atoms with van der Waals surface area (Å²) in [4.78, 5) is 24.7. The summed E-state index contributed by atoms with van der Waals surface area (Å²) in [5.41, 5.74) is 0.729. The van der Waals surface area contributed by atoms with Crippen molar-refractivity contribution in [3.05, 3.63) is 17.5 Å². The van der Waals surface area contributed by atoms with Crippen LogP contribution in [0.4, 0.5) is 4.79 Å². The third-order valence-corrected chi connectivity index (χ3v) is 2.71. The van der Waals surface area contributed by atoms with Gasteiger partial charge in [-0.05, 0) is 12.8 Å². The van der Waals surface area contributed by atoms with Crippen molar-refractivity contribution in [3.63, 3.8) is 0 Å². The maximum atomic E-state index is 11.9. The number of hydrogen-bond acceptors (Lipinski definition) is 4. The van der Waals surface area contributed by atoms with Crippen molar-refractivity contribution in [1.29, 1.82) is 0 Å². The van der Waals surface area contributed by atoms with E-state index < -0.39 is 6.04 Å². The highest BCUT2D eigenvalue weighted by Gasteiger charge is 2.39. The lowest BCUT2D eigenvalue weighted by Crippen LogP contribution is -2.34. The van der Waals surface area contributed by atoms with Crippen molar-refractivity contribution in [2.45, 2.75) is 33.4 Å². The summed E-state index contributed by atoms with van der Waals surface area (Å²) in [7, 11) is 0. The molecule has 3 amide bonds. The Labute approximate surface area is 98.9 Å². The van der Waals surface area contributed by atoms with Crippen LogP contribution in [0.3, 0.4) is 0 Å². The topological polar surface area (TPSA) is 75.4 Å². The average Bonchev–Trinajstić information content (AvgIpc) is 2.77. The molecular weight excluding hydrogens is 222 g/mol. The fourth-order valence-electron chi connectivity index (χ4n) is 1.79. The van der Waals surface area contributed by atoms with Gasteiger partial charge >= 0.3 is 6.03 Å². The van der Waals surface area contributed by atoms with Crippen LogP contribution in [0.5, 0.6) is 0 Å². The highest BCUT2D eigenvalue weighted by atomic mass is 16.5. The van der Waals surface area contributed by atoms with Gasteiger partial charge in [0, 0.05) is 6.07 Å². The quantitative estimate of drug-likeness (QED) is 0.797. The van der Waals surface area contributed by atoms with Crippen LogP contribution < -0.4 is 5.32 Å². The first-order chi connectivity index (χ1) is 7.99. The van der Waals surface area contributed by atoms with Gasteiger partial charge in [0.2, 0.25) is 0 Å². The number of amides is 3. The molecule has 6 heteroatoms. The Balaban J connectivity index is 2.11. The van der Waals surface area contributed by atoms with Crippen LogP contribution in [0, 0.1) is 12.8 Å². The molecule has 0 radical (unpaired) electrons. The van der Waals surface area contributed by atoms with Crippen LogP contribution in [0.15, 0.2) is 10.6 Å². The molecule has 6 nitrogen and oxygen atoms in total. The molecule has 1 aromatic rings. The second-order valence-electron chi connectivity index (χ2n) is 4.53. The lowest BCUT2D eigenvalue weighted by atomic mass is 10.1. The zero-order chi connectivity index (χ0) is 12.6. The third-order valence-electron chi connectivity index (χ3n) is 2.71. The fourth-order valence-corrected chi connectivity index (χ4v) is 1.79. The van der Waals surface area contributed by atoms with Crippen molar-refractivity contribution in [3.8, 4) is 0 Å². The van der Waals surface area contributed by atoms with Gasteiger partial charge in [0.05, 0.1) is 12.2 Å². The van der Waals surface area contributed by atoms with Crippen molar-refractivity contribution in [2.24, 2.45) is 5.92 Å². The van der Waals surface area contributed by atoms with Crippen molar-refractivity contribution < 1.29 is 14.1 Å². The van der Waals surface area contributed by atoms with Crippen LogP contribution in [-0.2, 0) is 11.3 Å². The molecule has 1 N–H and O–H groups in total. The molecule has 2 rings (SSSR count). The van der Waals surface area contributed by atoms with Gasteiger partial charge < -0.3 is 9.84 Å². The smallest absolute Gasteiger partial charge is 0.325 e. The van der Waals surface area contributed by atoms with Gasteiger partial charge in [0.25, 0.3) is 5.91 Å². The van der Waals surface area contributed by atoms with Gasteiger partial charge in [0.15, 0.2) is 5.76 Å². The first-order valence-corrected chi connectivity index (χ1v) is 5.53. The van der Waals surface area contributed by atoms with Gasteiger partial charge in [-0.2, -0.15) is 0 Å². The first-order valence-electron chi connectivity index (χ1n) is 5.53. The van der Waals surface area contributed by atoms with Crippen LogP contribution in [0.1, 0.15) is 25.3 Å². The molecule has 1 aliphatic rings. The van der Waals surface area contributed by atoms with E-state index in [0.717, 1.165) is 10.6 Å². The molecule has 1 saturated heterocycles. The normalized spacial score (nSPS) is 20.2. The Kier molecular flexibility index (Phi) is 2.87. The number of urea groups is 1. The van der Waals surface area contributed by atoms with Gasteiger partial charge in [-0.25, -0.2) is 4.79 Å². The molecule has 2 heterocycles. The van der Waals surface area contributed by atoms with Crippen molar-refractivity contribution in [2.75, 3.05) is 0 Å². The Hall–Kier alpha value is -1.85. The molecule has 0 spiro atoms. The summed E-state index contributed by atoms with van der Waals surface area (Å²) in [6.45, 7) is 5.71. The molecule has 92 valence electrons. The molecule has 0 aliphatic carbocycles. The summed E-state index contributed by atoms with van der Waals surface area (Å²) in [5, 5.41) is 6.37. The van der Waals surface area contributed by atoms with Gasteiger partial charge in [-0.1, -0.05) is 19.0 Å². The Bertz CT molecular complexity index is 453. The molecule has 0 saturated carbocycles. The lowest BCUT2D eigenvalue weighted by Gasteiger charge is -2.12. The largest absolute Gasteiger partial charge is 0.359 e. The van der Waals surface area contributed by atoms with E-state index in [2.05, 4.69) is 10.5 Å². The Morgan fingerprint density at radius 2 is 2.24 bits per heavy atom. The molecule has 17 heavy (non-hydrogen) atoms. The Morgan fingerprint density at radius 1 is 1.53 bits per heavy atom. The molecule has 1 unspecified atom stereocenters. The number of hydrogen-bond donors (Lipinski definition) is 1. The molecular formula is C11H15N3O3. The minimum Gasteiger partial charge on any atom is -0.359 e. The third kappa shape index (κ3) is 2.15. The summed E-state index contributed by atoms with van der Waals surface area (Å²) < 4.78 is 4.99. The monoisotopic (exact) mass is 237 g/mol. The molecule has 1 atom stereocenters. The fraction of sp³-hybridized carbons (Fsp3) is 0.545. The molecule has 1 aromatic heterocycles. The highest BCUT2D eigenvalue weighted by Crippen LogP contribution is 2.16. The first kappa shape index (κ1) is 11.6. The summed E-state index contributed by atoms with van der Waals surface area (Å²) in [6.07, 6.45) is 0. The number of aromatic nitrogens is 1. The second-order valence-corrected chi connectivity index (χ2v) is 4.53. The van der Waals surface area contributed by atoms with E-state index in [9.17, 15) is 9.59 Å². The maximum Gasteiger partial charge on any atom is 0.325 e. The van der Waals surface area contributed by atoms with Gasteiger partial charge in [0.1, 0.15) is 6.04 Å². The number of nitrogens with zero attached hydrogens (tertiary/aromatic N) is 2. The molecule has 0 bridgehead atoms. The lowest BCUT2D eigenvalue weighted by molar-refractivity contribution is -0.128. The predicted octanol–water partition coefficient (Wildman–Crippen LogP) is 1.06. The van der Waals surface area contributed by atoms with Crippen LogP contribution >= 0.6 is 0 Å². The van der Waals surface area contributed by atoms with Crippen molar-refractivity contribution >= 4 is 11.9 Å². The van der Waals surface area contributed by atoms with E-state index in [1.807, 2.05) is 13.8 Å². The number of nitrogens with one attached hydrogen (secondary N) is 1. The van der Waals surface area contributed by atoms with Crippen LogP contribution in [0.2, 0.25) is 0 Å². The van der Waals surface area contributed by atoms with E-state index in [0.29, 0.717) is 5.76 Å². The average molecular weight is 237 g/mol. The number of aryl methyl sites for hydroxylation is 1. The molecule has 1 fully saturated rings. The molecule has 1 aliphatic heterocycles. The highest BCUT2D eigenvalue weighted by molar-refractivity contribution is 6.04. The predicted molar refractivity (Wildman–Crippen MR) is 58.9 cm³/mol. The van der Waals surface area contributed by atoms with E-state index in [4.69, 9.17) is 4.52 Å². The maximum absolute atomic E-state index is 11.9. The van der Waals surface area contributed by atoms with E-state index >= 15 is 0 Å². The van der Waals surface area contributed by atoms with E-state index in [1.54, 1.807) is 13.0 Å². The second kappa shape index (κ2) is 4.20. The number of carbonyl (C=O) groups excluding carboxylic acids is 2. The van der Waals surface area contributed by atoms with Crippen molar-refractivity contribution in [1.82, 2.24) is 15.4 Å². The van der Waals surface area contributed by atoms with Gasteiger partial charge in [-0.3, -0.25) is 9.69 Å². The minimum absolute atomic E-state index is 0.0768. The minimum atomic E-state index is -0.438. The summed E-state index contributed by atoms with van der Waals surface area (Å²) in [6, 6.07) is 0.901. The van der Waals surface area contributed by atoms with Gasteiger partial charge in [-0.15, -0.1) is 0 Å². The number of imide groups is 1. The molecule has 0 aromatic carbocycles. The van der Waals surface area contributed by atoms with Crippen LogP contribution in [-0.4, -0.2) is 28.0 Å². The van der Waals surface area contributed by atoms with E-state index in [1.165, 1.54) is 0 Å². The zero-order valence-corrected chi connectivity index (χ0v) is 10.1. The SMILES string of the molecule is Cc1cc(CN2C(=O)NC(C(C)C)C2=O)on1. The standard InChI is InChI=1S/C11H15N3O3/c1-6(2)9-10(15)14(11(16)12-9)5-8-4-7(3)13-17-8/h4,6,9H,5H2,1-3H3,(H,12,16). The Morgan fingerprint density at radius 3 is 2.71 bits per heavy atom. The summed E-state index contributed by atoms with van der Waals surface area (Å²) >= 11 is 0. The van der Waals surface area contributed by atoms with Crippen LogP contribution in [0.25, 0.3) is 0 Å². The van der Waals surface area contributed by atoms with E-state index in [-0.39, 0.29) is 24.4 Å². The number of carbonyl (C=O) groups is 2. The number of rotatable bonds is 3. The summed E-state index contributed by atoms with van der Waals surface area (Å²) in [5.74, 6) is 0.377. The zero-order valence-electron chi connectivity index (χ0n) is 10.1.